The summed E-state index contributed by atoms with van der Waals surface area (Å²) >= 11 is 0. The molecule has 1 saturated carbocycles. The van der Waals surface area contributed by atoms with Gasteiger partial charge in [0.1, 0.15) is 18.7 Å². The van der Waals surface area contributed by atoms with E-state index in [2.05, 4.69) is 30.8 Å². The average Bonchev–Trinajstić information content (AvgIpc) is 3.39. The molecule has 162 valence electrons. The van der Waals surface area contributed by atoms with Crippen molar-refractivity contribution >= 4 is 22.8 Å². The second kappa shape index (κ2) is 7.52. The molecular formula is C20H16F3N9. The van der Waals surface area contributed by atoms with Gasteiger partial charge in [-0.3, -0.25) is 0 Å². The van der Waals surface area contributed by atoms with Gasteiger partial charge in [-0.1, -0.05) is 0 Å². The Balaban J connectivity index is 1.57. The van der Waals surface area contributed by atoms with Crippen molar-refractivity contribution < 1.29 is 13.2 Å². The first-order valence-corrected chi connectivity index (χ1v) is 9.80. The minimum absolute atomic E-state index is 0.158. The van der Waals surface area contributed by atoms with Gasteiger partial charge in [0.25, 0.3) is 0 Å². The van der Waals surface area contributed by atoms with Crippen LogP contribution < -0.4 is 10.6 Å². The van der Waals surface area contributed by atoms with E-state index in [1.165, 1.54) is 34.1 Å². The predicted molar refractivity (Wildman–Crippen MR) is 109 cm³/mol. The number of alkyl halides is 3. The summed E-state index contributed by atoms with van der Waals surface area (Å²) in [7, 11) is 0. The van der Waals surface area contributed by atoms with Crippen LogP contribution in [0.15, 0.2) is 43.1 Å². The van der Waals surface area contributed by atoms with E-state index in [0.717, 1.165) is 31.4 Å². The number of nitrogens with zero attached hydrogens (tertiary/aromatic N) is 7. The highest BCUT2D eigenvalue weighted by atomic mass is 19.4. The fraction of sp³-hybridized carbons (Fsp3) is 0.250. The monoisotopic (exact) mass is 439 g/mol. The summed E-state index contributed by atoms with van der Waals surface area (Å²) in [6.45, 7) is 0. The number of aromatic nitrogens is 6. The lowest BCUT2D eigenvalue weighted by Gasteiger charge is -2.27. The van der Waals surface area contributed by atoms with Crippen molar-refractivity contribution in [2.45, 2.75) is 31.5 Å². The SMILES string of the molecule is N#Cc1cnc2c(NC3CCC3)cc(Nc3cc(-n4cncn4)cc(C(F)(F)F)c3)nn12. The van der Waals surface area contributed by atoms with Gasteiger partial charge in [-0.25, -0.2) is 14.6 Å². The van der Waals surface area contributed by atoms with Gasteiger partial charge in [-0.05, 0) is 37.5 Å². The highest BCUT2D eigenvalue weighted by molar-refractivity contribution is 5.74. The molecule has 32 heavy (non-hydrogen) atoms. The molecule has 1 aromatic carbocycles. The Morgan fingerprint density at radius 3 is 2.66 bits per heavy atom. The molecule has 0 radical (unpaired) electrons. The van der Waals surface area contributed by atoms with Crippen LogP contribution in [-0.2, 0) is 6.18 Å². The van der Waals surface area contributed by atoms with Crippen molar-refractivity contribution in [3.8, 4) is 11.8 Å². The second-order valence-corrected chi connectivity index (χ2v) is 7.44. The largest absolute Gasteiger partial charge is 0.416 e. The predicted octanol–water partition coefficient (Wildman–Crippen LogP) is 3.91. The highest BCUT2D eigenvalue weighted by Gasteiger charge is 2.31. The molecule has 3 heterocycles. The zero-order valence-electron chi connectivity index (χ0n) is 16.5. The third-order valence-corrected chi connectivity index (χ3v) is 5.25. The van der Waals surface area contributed by atoms with E-state index in [1.807, 2.05) is 6.07 Å². The molecule has 4 aromatic rings. The summed E-state index contributed by atoms with van der Waals surface area (Å²) in [6.07, 6.45) is 2.55. The minimum atomic E-state index is -4.56. The summed E-state index contributed by atoms with van der Waals surface area (Å²) in [6, 6.07) is 7.47. The molecule has 1 aliphatic carbocycles. The molecule has 0 amide bonds. The van der Waals surface area contributed by atoms with E-state index in [9.17, 15) is 18.4 Å². The summed E-state index contributed by atoms with van der Waals surface area (Å²) in [4.78, 5) is 8.06. The summed E-state index contributed by atoms with van der Waals surface area (Å²) in [5.74, 6) is 0.262. The van der Waals surface area contributed by atoms with Crippen LogP contribution in [0.5, 0.6) is 0 Å². The number of hydrogen-bond donors (Lipinski definition) is 2. The van der Waals surface area contributed by atoms with Gasteiger partial charge in [-0.15, -0.1) is 5.10 Å². The fourth-order valence-electron chi connectivity index (χ4n) is 3.45. The van der Waals surface area contributed by atoms with Crippen LogP contribution in [0.3, 0.4) is 0 Å². The molecule has 2 N–H and O–H groups in total. The molecule has 9 nitrogen and oxygen atoms in total. The standard InChI is InChI=1S/C20H16F3N9/c21-20(22,23)12-4-14(6-15(5-12)31-11-25-10-27-31)29-18-7-17(28-13-2-1-3-13)19-26-9-16(8-24)32(19)30-18/h4-7,9-11,13,28H,1-3H2,(H,29,30). The van der Waals surface area contributed by atoms with Crippen molar-refractivity contribution in [3.63, 3.8) is 0 Å². The molecule has 1 fully saturated rings. The number of fused-ring (bicyclic) bond motifs is 1. The molecule has 3 aromatic heterocycles. The van der Waals surface area contributed by atoms with Crippen LogP contribution in [0, 0.1) is 11.3 Å². The number of halogens is 3. The van der Waals surface area contributed by atoms with Gasteiger partial charge in [0, 0.05) is 17.8 Å². The molecule has 0 aliphatic heterocycles. The molecule has 1 aliphatic rings. The quantitative estimate of drug-likeness (QED) is 0.485. The Kier molecular flexibility index (Phi) is 4.66. The number of rotatable bonds is 5. The van der Waals surface area contributed by atoms with Gasteiger partial charge in [0.2, 0.25) is 0 Å². The van der Waals surface area contributed by atoms with E-state index in [0.29, 0.717) is 11.3 Å². The van der Waals surface area contributed by atoms with Crippen LogP contribution in [0.25, 0.3) is 11.3 Å². The van der Waals surface area contributed by atoms with E-state index in [4.69, 9.17) is 0 Å². The van der Waals surface area contributed by atoms with Crippen molar-refractivity contribution in [3.05, 3.63) is 54.4 Å². The minimum Gasteiger partial charge on any atom is -0.379 e. The number of nitriles is 1. The van der Waals surface area contributed by atoms with Crippen molar-refractivity contribution in [2.75, 3.05) is 10.6 Å². The highest BCUT2D eigenvalue weighted by Crippen LogP contribution is 2.34. The first-order chi connectivity index (χ1) is 15.4. The summed E-state index contributed by atoms with van der Waals surface area (Å²) in [5, 5.41) is 24.0. The Morgan fingerprint density at radius 2 is 2.00 bits per heavy atom. The Bertz CT molecular complexity index is 1310. The molecule has 5 rings (SSSR count). The van der Waals surface area contributed by atoms with Gasteiger partial charge in [0.15, 0.2) is 17.2 Å². The number of imidazole rings is 1. The number of nitrogens with one attached hydrogen (secondary N) is 2. The van der Waals surface area contributed by atoms with Crippen LogP contribution in [0.2, 0.25) is 0 Å². The molecule has 0 spiro atoms. The number of anilines is 3. The number of hydrogen-bond acceptors (Lipinski definition) is 7. The first-order valence-electron chi connectivity index (χ1n) is 9.80. The molecule has 0 saturated heterocycles. The van der Waals surface area contributed by atoms with Crippen molar-refractivity contribution in [2.24, 2.45) is 0 Å². The molecule has 0 bridgehead atoms. The van der Waals surface area contributed by atoms with Crippen molar-refractivity contribution in [1.82, 2.24) is 29.4 Å². The maximum Gasteiger partial charge on any atom is 0.416 e. The fourth-order valence-corrected chi connectivity index (χ4v) is 3.45. The van der Waals surface area contributed by atoms with Crippen LogP contribution in [0.1, 0.15) is 30.5 Å². The third-order valence-electron chi connectivity index (χ3n) is 5.25. The maximum absolute atomic E-state index is 13.5. The van der Waals surface area contributed by atoms with Crippen LogP contribution >= 0.6 is 0 Å². The van der Waals surface area contributed by atoms with Crippen LogP contribution in [-0.4, -0.2) is 35.4 Å². The number of benzene rings is 1. The zero-order valence-corrected chi connectivity index (χ0v) is 16.5. The van der Waals surface area contributed by atoms with Gasteiger partial charge in [-0.2, -0.15) is 28.0 Å². The van der Waals surface area contributed by atoms with Gasteiger partial charge in [0.05, 0.1) is 23.1 Å². The summed E-state index contributed by atoms with van der Waals surface area (Å²) in [5.41, 5.74) is 0.845. The van der Waals surface area contributed by atoms with E-state index >= 15 is 0 Å². The smallest absolute Gasteiger partial charge is 0.379 e. The zero-order chi connectivity index (χ0) is 22.3. The molecular weight excluding hydrogens is 423 g/mol. The van der Waals surface area contributed by atoms with Gasteiger partial charge >= 0.3 is 6.18 Å². The normalized spacial score (nSPS) is 14.2. The first kappa shape index (κ1) is 19.8. The second-order valence-electron chi connectivity index (χ2n) is 7.44. The lowest BCUT2D eigenvalue weighted by atomic mass is 9.93. The average molecular weight is 439 g/mol. The third kappa shape index (κ3) is 3.68. The molecule has 0 atom stereocenters. The van der Waals surface area contributed by atoms with E-state index < -0.39 is 11.7 Å². The van der Waals surface area contributed by atoms with Gasteiger partial charge < -0.3 is 10.6 Å². The van der Waals surface area contributed by atoms with E-state index in [1.54, 1.807) is 6.07 Å². The summed E-state index contributed by atoms with van der Waals surface area (Å²) < 4.78 is 43.1. The lowest BCUT2D eigenvalue weighted by molar-refractivity contribution is -0.137. The van der Waals surface area contributed by atoms with Crippen molar-refractivity contribution in [1.29, 1.82) is 5.26 Å². The Morgan fingerprint density at radius 1 is 1.16 bits per heavy atom. The Labute approximate surface area is 179 Å². The molecule has 12 heteroatoms. The maximum atomic E-state index is 13.5. The van der Waals surface area contributed by atoms with Crippen LogP contribution in [0.4, 0.5) is 30.4 Å². The topological polar surface area (TPSA) is 109 Å². The lowest BCUT2D eigenvalue weighted by Crippen LogP contribution is -2.27. The Hall–Kier alpha value is -4.14. The van der Waals surface area contributed by atoms with E-state index in [-0.39, 0.29) is 28.9 Å². The molecule has 0 unspecified atom stereocenters.